The average Bonchev–Trinajstić information content (AvgIpc) is 2.38. The first-order chi connectivity index (χ1) is 8.77. The minimum atomic E-state index is -0.271. The molecule has 0 aliphatic rings. The van der Waals surface area contributed by atoms with Gasteiger partial charge in [0.05, 0.1) is 6.61 Å². The average molecular weight is 256 g/mol. The van der Waals surface area contributed by atoms with E-state index in [1.54, 1.807) is 13.2 Å². The lowest BCUT2D eigenvalue weighted by Crippen LogP contribution is -2.09. The zero-order valence-electron chi connectivity index (χ0n) is 10.8. The summed E-state index contributed by atoms with van der Waals surface area (Å²) in [7, 11) is 1.66. The molecule has 0 amide bonds. The van der Waals surface area contributed by atoms with Crippen molar-refractivity contribution in [3.05, 3.63) is 35.6 Å². The summed E-state index contributed by atoms with van der Waals surface area (Å²) in [4.78, 5) is 0. The van der Waals surface area contributed by atoms with Crippen molar-refractivity contribution in [2.24, 2.45) is 0 Å². The van der Waals surface area contributed by atoms with Gasteiger partial charge in [-0.15, -0.1) is 0 Å². The van der Waals surface area contributed by atoms with Gasteiger partial charge in [0.15, 0.2) is 0 Å². The van der Waals surface area contributed by atoms with Crippen LogP contribution in [0.1, 0.15) is 24.3 Å². The van der Waals surface area contributed by atoms with Gasteiger partial charge in [0.1, 0.15) is 5.82 Å². The molecule has 0 fully saturated rings. The Labute approximate surface area is 108 Å². The molecular weight excluding hydrogens is 235 g/mol. The van der Waals surface area contributed by atoms with Crippen LogP contribution in [0.25, 0.3) is 0 Å². The van der Waals surface area contributed by atoms with E-state index in [2.05, 4.69) is 0 Å². The summed E-state index contributed by atoms with van der Waals surface area (Å²) in [6.07, 6.45) is 1.55. The van der Waals surface area contributed by atoms with Crippen molar-refractivity contribution in [3.8, 4) is 0 Å². The fraction of sp³-hybridized carbons (Fsp3) is 0.571. The molecule has 0 aliphatic heterocycles. The molecule has 102 valence electrons. The number of aliphatic hydroxyl groups excluding tert-OH is 1. The molecule has 0 saturated carbocycles. The van der Waals surface area contributed by atoms with E-state index in [-0.39, 0.29) is 18.3 Å². The van der Waals surface area contributed by atoms with Gasteiger partial charge >= 0.3 is 0 Å². The van der Waals surface area contributed by atoms with E-state index in [1.807, 2.05) is 6.07 Å². The number of hydrogen-bond acceptors (Lipinski definition) is 3. The Morgan fingerprint density at radius 1 is 1.28 bits per heavy atom. The van der Waals surface area contributed by atoms with Crippen molar-refractivity contribution in [1.29, 1.82) is 0 Å². The largest absolute Gasteiger partial charge is 0.396 e. The lowest BCUT2D eigenvalue weighted by atomic mass is 9.97. The van der Waals surface area contributed by atoms with Gasteiger partial charge in [-0.2, -0.15) is 0 Å². The van der Waals surface area contributed by atoms with E-state index in [9.17, 15) is 9.50 Å². The normalized spacial score (nSPS) is 12.6. The van der Waals surface area contributed by atoms with Crippen LogP contribution in [0, 0.1) is 5.82 Å². The monoisotopic (exact) mass is 256 g/mol. The predicted molar refractivity (Wildman–Crippen MR) is 68.2 cm³/mol. The Bertz CT molecular complexity index is 331. The number of rotatable bonds is 9. The third kappa shape index (κ3) is 5.58. The smallest absolute Gasteiger partial charge is 0.123 e. The summed E-state index contributed by atoms with van der Waals surface area (Å²) >= 11 is 0. The highest BCUT2D eigenvalue weighted by Gasteiger charge is 2.10. The van der Waals surface area contributed by atoms with Gasteiger partial charge in [0.2, 0.25) is 0 Å². The van der Waals surface area contributed by atoms with Gasteiger partial charge < -0.3 is 14.6 Å². The minimum Gasteiger partial charge on any atom is -0.396 e. The summed E-state index contributed by atoms with van der Waals surface area (Å²) in [5, 5.41) is 9.31. The zero-order valence-corrected chi connectivity index (χ0v) is 10.8. The van der Waals surface area contributed by atoms with E-state index in [0.29, 0.717) is 26.2 Å². The molecule has 1 aromatic rings. The number of hydrogen-bond donors (Lipinski definition) is 1. The third-order valence-electron chi connectivity index (χ3n) is 2.79. The predicted octanol–water partition coefficient (Wildman–Crippen LogP) is 2.34. The molecule has 4 heteroatoms. The lowest BCUT2D eigenvalue weighted by molar-refractivity contribution is 0.0937. The Morgan fingerprint density at radius 2 is 2.11 bits per heavy atom. The van der Waals surface area contributed by atoms with Crippen LogP contribution in [0.5, 0.6) is 0 Å². The van der Waals surface area contributed by atoms with Gasteiger partial charge in [-0.25, -0.2) is 4.39 Å². The molecule has 18 heavy (non-hydrogen) atoms. The van der Waals surface area contributed by atoms with E-state index in [4.69, 9.17) is 9.47 Å². The summed E-state index contributed by atoms with van der Waals surface area (Å²) in [6, 6.07) is 6.35. The molecule has 1 unspecified atom stereocenters. The number of methoxy groups -OCH3 is 1. The fourth-order valence-electron chi connectivity index (χ4n) is 1.76. The van der Waals surface area contributed by atoms with Crippen LogP contribution in [0.15, 0.2) is 24.3 Å². The Balaban J connectivity index is 2.29. The highest BCUT2D eigenvalue weighted by Crippen LogP contribution is 2.19. The maximum Gasteiger partial charge on any atom is 0.123 e. The van der Waals surface area contributed by atoms with E-state index >= 15 is 0 Å². The first-order valence-corrected chi connectivity index (χ1v) is 6.21. The molecule has 1 rings (SSSR count). The number of aliphatic hydroxyl groups is 1. The van der Waals surface area contributed by atoms with Crippen molar-refractivity contribution in [2.45, 2.75) is 18.8 Å². The molecule has 0 heterocycles. The Hall–Kier alpha value is -0.970. The van der Waals surface area contributed by atoms with Crippen LogP contribution in [0.4, 0.5) is 4.39 Å². The first-order valence-electron chi connectivity index (χ1n) is 6.21. The van der Waals surface area contributed by atoms with Gasteiger partial charge in [0.25, 0.3) is 0 Å². The van der Waals surface area contributed by atoms with Crippen LogP contribution >= 0.6 is 0 Å². The molecule has 0 aromatic heterocycles. The number of halogens is 1. The van der Waals surface area contributed by atoms with Crippen molar-refractivity contribution in [2.75, 3.05) is 33.5 Å². The molecule has 1 atom stereocenters. The van der Waals surface area contributed by atoms with Gasteiger partial charge in [-0.05, 0) is 30.5 Å². The summed E-state index contributed by atoms with van der Waals surface area (Å²) in [6.45, 7) is 1.90. The van der Waals surface area contributed by atoms with Crippen LogP contribution < -0.4 is 0 Å². The molecule has 0 radical (unpaired) electrons. The van der Waals surface area contributed by atoms with Gasteiger partial charge in [-0.3, -0.25) is 0 Å². The second-order valence-electron chi connectivity index (χ2n) is 4.18. The fourth-order valence-corrected chi connectivity index (χ4v) is 1.76. The van der Waals surface area contributed by atoms with Crippen LogP contribution in [0.2, 0.25) is 0 Å². The van der Waals surface area contributed by atoms with Crippen LogP contribution in [-0.4, -0.2) is 38.6 Å². The topological polar surface area (TPSA) is 38.7 Å². The second kappa shape index (κ2) is 9.03. The van der Waals surface area contributed by atoms with Gasteiger partial charge in [0, 0.05) is 32.8 Å². The SMILES string of the molecule is COCCCOCCC(CO)c1cccc(F)c1. The molecular formula is C14H21FO3. The van der Waals surface area contributed by atoms with Crippen molar-refractivity contribution in [3.63, 3.8) is 0 Å². The molecule has 0 aliphatic carbocycles. The molecule has 0 spiro atoms. The first kappa shape index (κ1) is 15.1. The van der Waals surface area contributed by atoms with Crippen LogP contribution in [-0.2, 0) is 9.47 Å². The zero-order chi connectivity index (χ0) is 13.2. The summed E-state index contributed by atoms with van der Waals surface area (Å²) < 4.78 is 23.4. The highest BCUT2D eigenvalue weighted by atomic mass is 19.1. The van der Waals surface area contributed by atoms with Crippen molar-refractivity contribution < 1.29 is 19.0 Å². The number of benzene rings is 1. The maximum absolute atomic E-state index is 13.1. The van der Waals surface area contributed by atoms with Crippen LogP contribution in [0.3, 0.4) is 0 Å². The number of ether oxygens (including phenoxy) is 2. The Kier molecular flexibility index (Phi) is 7.57. The lowest BCUT2D eigenvalue weighted by Gasteiger charge is -2.14. The molecule has 0 saturated heterocycles. The molecule has 1 N–H and O–H groups in total. The second-order valence-corrected chi connectivity index (χ2v) is 4.18. The summed E-state index contributed by atoms with van der Waals surface area (Å²) in [5.41, 5.74) is 0.818. The standard InChI is InChI=1S/C14H21FO3/c1-17-7-3-8-18-9-6-13(11-16)12-4-2-5-14(15)10-12/h2,4-5,10,13,16H,3,6-9,11H2,1H3. The minimum absolute atomic E-state index is 0.00485. The van der Waals surface area contributed by atoms with Gasteiger partial charge in [-0.1, -0.05) is 12.1 Å². The van der Waals surface area contributed by atoms with E-state index in [1.165, 1.54) is 12.1 Å². The van der Waals surface area contributed by atoms with E-state index < -0.39 is 0 Å². The molecule has 0 bridgehead atoms. The Morgan fingerprint density at radius 3 is 2.78 bits per heavy atom. The summed E-state index contributed by atoms with van der Waals surface area (Å²) in [5.74, 6) is -0.338. The third-order valence-corrected chi connectivity index (χ3v) is 2.79. The highest BCUT2D eigenvalue weighted by molar-refractivity contribution is 5.20. The van der Waals surface area contributed by atoms with E-state index in [0.717, 1.165) is 12.0 Å². The van der Waals surface area contributed by atoms with Crippen molar-refractivity contribution >= 4 is 0 Å². The molecule has 3 nitrogen and oxygen atoms in total. The maximum atomic E-state index is 13.1. The molecule has 1 aromatic carbocycles. The quantitative estimate of drug-likeness (QED) is 0.689. The van der Waals surface area contributed by atoms with Crippen molar-refractivity contribution in [1.82, 2.24) is 0 Å².